The number of nitrogens with zero attached hydrogens (tertiary/aromatic N) is 1. The number of likely N-dealkylation sites (tertiary alicyclic amines) is 1. The summed E-state index contributed by atoms with van der Waals surface area (Å²) >= 11 is 0. The lowest BCUT2D eigenvalue weighted by atomic mass is 10.0. The van der Waals surface area contributed by atoms with Crippen molar-refractivity contribution in [1.82, 2.24) is 10.2 Å². The SMILES string of the molecule is CC(C)OCCCNCCN1CCCC1C(C)C. The van der Waals surface area contributed by atoms with Gasteiger partial charge < -0.3 is 10.1 Å². The third kappa shape index (κ3) is 6.17. The van der Waals surface area contributed by atoms with Crippen LogP contribution < -0.4 is 5.32 Å². The van der Waals surface area contributed by atoms with Gasteiger partial charge >= 0.3 is 0 Å². The van der Waals surface area contributed by atoms with Crippen LogP contribution in [0.3, 0.4) is 0 Å². The first-order chi connectivity index (χ1) is 8.61. The van der Waals surface area contributed by atoms with Gasteiger partial charge in [0.2, 0.25) is 0 Å². The van der Waals surface area contributed by atoms with Crippen molar-refractivity contribution < 1.29 is 4.74 Å². The molecule has 1 heterocycles. The Morgan fingerprint density at radius 2 is 2.00 bits per heavy atom. The number of hydrogen-bond donors (Lipinski definition) is 1. The molecule has 0 aromatic heterocycles. The van der Waals surface area contributed by atoms with Gasteiger partial charge in [0, 0.05) is 25.7 Å². The van der Waals surface area contributed by atoms with Gasteiger partial charge in [-0.2, -0.15) is 0 Å². The van der Waals surface area contributed by atoms with Gasteiger partial charge in [0.1, 0.15) is 0 Å². The average molecular weight is 256 g/mol. The van der Waals surface area contributed by atoms with Crippen molar-refractivity contribution in [2.24, 2.45) is 5.92 Å². The molecule has 1 unspecified atom stereocenters. The highest BCUT2D eigenvalue weighted by Crippen LogP contribution is 2.22. The van der Waals surface area contributed by atoms with E-state index >= 15 is 0 Å². The molecule has 0 aliphatic carbocycles. The molecule has 0 radical (unpaired) electrons. The maximum Gasteiger partial charge on any atom is 0.0518 e. The van der Waals surface area contributed by atoms with Crippen LogP contribution in [0.25, 0.3) is 0 Å². The minimum absolute atomic E-state index is 0.362. The predicted molar refractivity (Wildman–Crippen MR) is 78.0 cm³/mol. The zero-order valence-corrected chi connectivity index (χ0v) is 12.7. The van der Waals surface area contributed by atoms with Crippen LogP contribution in [0.1, 0.15) is 47.0 Å². The summed E-state index contributed by atoms with van der Waals surface area (Å²) in [7, 11) is 0. The van der Waals surface area contributed by atoms with Crippen LogP contribution in [0, 0.1) is 5.92 Å². The van der Waals surface area contributed by atoms with E-state index in [4.69, 9.17) is 4.74 Å². The van der Waals surface area contributed by atoms with Crippen molar-refractivity contribution in [2.45, 2.75) is 59.1 Å². The van der Waals surface area contributed by atoms with Crippen molar-refractivity contribution in [3.63, 3.8) is 0 Å². The molecule has 3 nitrogen and oxygen atoms in total. The van der Waals surface area contributed by atoms with Crippen LogP contribution in [0.2, 0.25) is 0 Å². The number of nitrogens with one attached hydrogen (secondary N) is 1. The fourth-order valence-electron chi connectivity index (χ4n) is 2.75. The van der Waals surface area contributed by atoms with E-state index in [1.165, 1.54) is 25.9 Å². The number of rotatable bonds is 9. The Bertz CT molecular complexity index is 207. The monoisotopic (exact) mass is 256 g/mol. The molecule has 0 bridgehead atoms. The lowest BCUT2D eigenvalue weighted by molar-refractivity contribution is 0.0769. The molecule has 0 aromatic carbocycles. The summed E-state index contributed by atoms with van der Waals surface area (Å²) < 4.78 is 5.52. The fourth-order valence-corrected chi connectivity index (χ4v) is 2.75. The number of ether oxygens (including phenoxy) is 1. The highest BCUT2D eigenvalue weighted by molar-refractivity contribution is 4.81. The van der Waals surface area contributed by atoms with Gasteiger partial charge in [-0.25, -0.2) is 0 Å². The minimum Gasteiger partial charge on any atom is -0.379 e. The smallest absolute Gasteiger partial charge is 0.0518 e. The van der Waals surface area contributed by atoms with Crippen LogP contribution in [0.4, 0.5) is 0 Å². The lowest BCUT2D eigenvalue weighted by Gasteiger charge is -2.27. The Morgan fingerprint density at radius 3 is 2.67 bits per heavy atom. The van der Waals surface area contributed by atoms with Crippen LogP contribution in [-0.2, 0) is 4.74 Å². The molecule has 1 rings (SSSR count). The Hall–Kier alpha value is -0.120. The molecule has 1 fully saturated rings. The normalized spacial score (nSPS) is 21.3. The molecule has 0 aromatic rings. The minimum atomic E-state index is 0.362. The molecule has 3 heteroatoms. The van der Waals surface area contributed by atoms with Crippen molar-refractivity contribution in [2.75, 3.05) is 32.8 Å². The third-order valence-corrected chi connectivity index (χ3v) is 3.71. The molecule has 0 amide bonds. The van der Waals surface area contributed by atoms with Gasteiger partial charge in [0.05, 0.1) is 6.10 Å². The first-order valence-electron chi connectivity index (χ1n) is 7.67. The van der Waals surface area contributed by atoms with Crippen molar-refractivity contribution in [1.29, 1.82) is 0 Å². The zero-order valence-electron chi connectivity index (χ0n) is 12.7. The molecular weight excluding hydrogens is 224 g/mol. The second kappa shape index (κ2) is 8.89. The van der Waals surface area contributed by atoms with E-state index in [0.29, 0.717) is 6.10 Å². The summed E-state index contributed by atoms with van der Waals surface area (Å²) in [6, 6.07) is 0.816. The van der Waals surface area contributed by atoms with E-state index in [-0.39, 0.29) is 0 Å². The van der Waals surface area contributed by atoms with E-state index in [1.807, 2.05) is 0 Å². The van der Waals surface area contributed by atoms with Crippen LogP contribution in [0.15, 0.2) is 0 Å². The standard InChI is InChI=1S/C15H32N2O/c1-13(2)15-7-5-10-17(15)11-9-16-8-6-12-18-14(3)4/h13-16H,5-12H2,1-4H3. The summed E-state index contributed by atoms with van der Waals surface area (Å²) in [6.45, 7) is 14.4. The lowest BCUT2D eigenvalue weighted by Crippen LogP contribution is -2.38. The Morgan fingerprint density at radius 1 is 1.22 bits per heavy atom. The second-order valence-corrected chi connectivity index (χ2v) is 6.01. The Balaban J connectivity index is 1.97. The van der Waals surface area contributed by atoms with Crippen molar-refractivity contribution >= 4 is 0 Å². The van der Waals surface area contributed by atoms with E-state index in [1.54, 1.807) is 0 Å². The second-order valence-electron chi connectivity index (χ2n) is 6.01. The van der Waals surface area contributed by atoms with Crippen LogP contribution >= 0.6 is 0 Å². The summed E-state index contributed by atoms with van der Waals surface area (Å²) in [6.07, 6.45) is 4.25. The zero-order chi connectivity index (χ0) is 13.4. The maximum absolute atomic E-state index is 5.52. The van der Waals surface area contributed by atoms with E-state index < -0.39 is 0 Å². The quantitative estimate of drug-likeness (QED) is 0.642. The molecule has 18 heavy (non-hydrogen) atoms. The number of hydrogen-bond acceptors (Lipinski definition) is 3. The summed E-state index contributed by atoms with van der Waals surface area (Å²) in [5, 5.41) is 3.52. The molecule has 1 atom stereocenters. The molecule has 0 spiro atoms. The first-order valence-corrected chi connectivity index (χ1v) is 7.67. The largest absolute Gasteiger partial charge is 0.379 e. The highest BCUT2D eigenvalue weighted by atomic mass is 16.5. The molecule has 1 aliphatic heterocycles. The van der Waals surface area contributed by atoms with Gasteiger partial charge in [0.25, 0.3) is 0 Å². The molecular formula is C15H32N2O. The molecule has 0 saturated carbocycles. The van der Waals surface area contributed by atoms with Crippen LogP contribution in [0.5, 0.6) is 0 Å². The van der Waals surface area contributed by atoms with Crippen molar-refractivity contribution in [3.05, 3.63) is 0 Å². The Labute approximate surface area is 113 Å². The average Bonchev–Trinajstić information content (AvgIpc) is 2.75. The molecule has 1 aliphatic rings. The van der Waals surface area contributed by atoms with Gasteiger partial charge in [-0.3, -0.25) is 4.90 Å². The summed E-state index contributed by atoms with van der Waals surface area (Å²) in [5.41, 5.74) is 0. The van der Waals surface area contributed by atoms with E-state index in [0.717, 1.165) is 38.1 Å². The van der Waals surface area contributed by atoms with Gasteiger partial charge in [-0.1, -0.05) is 13.8 Å². The van der Waals surface area contributed by atoms with Gasteiger partial charge in [0.15, 0.2) is 0 Å². The molecule has 1 saturated heterocycles. The summed E-state index contributed by atoms with van der Waals surface area (Å²) in [4.78, 5) is 2.66. The molecule has 1 N–H and O–H groups in total. The maximum atomic E-state index is 5.52. The summed E-state index contributed by atoms with van der Waals surface area (Å²) in [5.74, 6) is 0.798. The van der Waals surface area contributed by atoms with Crippen molar-refractivity contribution in [3.8, 4) is 0 Å². The van der Waals surface area contributed by atoms with E-state index in [9.17, 15) is 0 Å². The first kappa shape index (κ1) is 15.9. The molecule has 108 valence electrons. The predicted octanol–water partition coefficient (Wildman–Crippen LogP) is 2.51. The van der Waals surface area contributed by atoms with Crippen LogP contribution in [-0.4, -0.2) is 49.8 Å². The highest BCUT2D eigenvalue weighted by Gasteiger charge is 2.25. The Kier molecular flexibility index (Phi) is 7.87. The van der Waals surface area contributed by atoms with E-state index in [2.05, 4.69) is 37.9 Å². The van der Waals surface area contributed by atoms with Gasteiger partial charge in [-0.05, 0) is 52.1 Å². The van der Waals surface area contributed by atoms with Gasteiger partial charge in [-0.15, -0.1) is 0 Å². The topological polar surface area (TPSA) is 24.5 Å². The third-order valence-electron chi connectivity index (χ3n) is 3.71. The fraction of sp³-hybridized carbons (Fsp3) is 1.00.